The Hall–Kier alpha value is -1.66. The number of carbonyl (C=O) groups excluding carboxylic acids is 1. The molecule has 2 heterocycles. The number of hydrogen-bond donors (Lipinski definition) is 1. The highest BCUT2D eigenvalue weighted by atomic mass is 16.5. The van der Waals surface area contributed by atoms with Gasteiger partial charge in [-0.15, -0.1) is 0 Å². The van der Waals surface area contributed by atoms with Gasteiger partial charge >= 0.3 is 0 Å². The van der Waals surface area contributed by atoms with E-state index in [0.717, 1.165) is 0 Å². The number of Topliss-reactive ketones (excluding diaryl/α,β-unsaturated/α-hetero) is 1. The van der Waals surface area contributed by atoms with Crippen LogP contribution in [0.1, 0.15) is 23.0 Å². The molecule has 0 aromatic carbocycles. The van der Waals surface area contributed by atoms with E-state index in [1.807, 2.05) is 5.01 Å². The number of hydrogen-bond acceptors (Lipinski definition) is 6. The highest BCUT2D eigenvalue weighted by Crippen LogP contribution is 2.15. The molecule has 98 valence electrons. The number of rotatable bonds is 3. The lowest BCUT2D eigenvalue weighted by Gasteiger charge is -2.27. The molecule has 1 fully saturated rings. The second-order valence-electron chi connectivity index (χ2n) is 4.19. The fraction of sp³-hybridized carbons (Fsp3) is 0.500. The summed E-state index contributed by atoms with van der Waals surface area (Å²) in [4.78, 5) is 23.3. The average Bonchev–Trinajstić information content (AvgIpc) is 2.28. The van der Waals surface area contributed by atoms with Crippen molar-refractivity contribution >= 4 is 11.7 Å². The first-order chi connectivity index (χ1) is 8.58. The summed E-state index contributed by atoms with van der Waals surface area (Å²) in [7, 11) is 0. The quantitative estimate of drug-likeness (QED) is 0.803. The maximum absolute atomic E-state index is 11.8. The van der Waals surface area contributed by atoms with Crippen LogP contribution in [0, 0.1) is 6.92 Å². The lowest BCUT2D eigenvalue weighted by Crippen LogP contribution is -2.41. The van der Waals surface area contributed by atoms with E-state index in [0.29, 0.717) is 32.1 Å². The van der Waals surface area contributed by atoms with Crippen LogP contribution in [0.15, 0.2) is 15.3 Å². The van der Waals surface area contributed by atoms with Crippen molar-refractivity contribution in [2.75, 3.05) is 31.7 Å². The zero-order chi connectivity index (χ0) is 13.1. The fourth-order valence-corrected chi connectivity index (χ4v) is 1.84. The van der Waals surface area contributed by atoms with Gasteiger partial charge in [-0.3, -0.25) is 15.0 Å². The van der Waals surface area contributed by atoms with E-state index in [-0.39, 0.29) is 22.7 Å². The van der Waals surface area contributed by atoms with Crippen LogP contribution < -0.4 is 10.9 Å². The van der Waals surface area contributed by atoms with Crippen LogP contribution >= 0.6 is 0 Å². The van der Waals surface area contributed by atoms with Gasteiger partial charge in [0.2, 0.25) is 5.88 Å². The number of nitrogens with one attached hydrogen (secondary N) is 1. The zero-order valence-corrected chi connectivity index (χ0v) is 10.5. The molecule has 0 saturated carbocycles. The van der Waals surface area contributed by atoms with E-state index in [1.165, 1.54) is 13.0 Å². The number of ketones is 1. The Morgan fingerprint density at radius 3 is 2.67 bits per heavy atom. The first-order valence-electron chi connectivity index (χ1n) is 5.83. The molecule has 1 N–H and O–H groups in total. The van der Waals surface area contributed by atoms with Crippen LogP contribution in [0.25, 0.3) is 0 Å². The predicted molar refractivity (Wildman–Crippen MR) is 65.7 cm³/mol. The van der Waals surface area contributed by atoms with Crippen molar-refractivity contribution in [1.29, 1.82) is 0 Å². The molecule has 0 unspecified atom stereocenters. The topological polar surface area (TPSA) is 71.8 Å². The molecule has 6 nitrogen and oxygen atoms in total. The number of ether oxygens (including phenoxy) is 1. The minimum atomic E-state index is -0.318. The number of anilines is 1. The molecule has 0 atom stereocenters. The molecule has 0 aliphatic carbocycles. The van der Waals surface area contributed by atoms with Crippen molar-refractivity contribution in [2.45, 2.75) is 13.8 Å². The molecule has 18 heavy (non-hydrogen) atoms. The van der Waals surface area contributed by atoms with Crippen molar-refractivity contribution in [1.82, 2.24) is 5.01 Å². The molecule has 1 aromatic heterocycles. The lowest BCUT2D eigenvalue weighted by molar-refractivity contribution is 0.0484. The Morgan fingerprint density at radius 1 is 1.39 bits per heavy atom. The highest BCUT2D eigenvalue weighted by Gasteiger charge is 2.18. The predicted octanol–water partition coefficient (Wildman–Crippen LogP) is 0.810. The van der Waals surface area contributed by atoms with Gasteiger partial charge in [-0.05, 0) is 13.8 Å². The van der Waals surface area contributed by atoms with E-state index in [9.17, 15) is 9.59 Å². The summed E-state index contributed by atoms with van der Waals surface area (Å²) >= 11 is 0. The maximum atomic E-state index is 11.8. The zero-order valence-electron chi connectivity index (χ0n) is 10.5. The summed E-state index contributed by atoms with van der Waals surface area (Å²) in [5, 5.41) is 1.87. The fourth-order valence-electron chi connectivity index (χ4n) is 1.84. The van der Waals surface area contributed by atoms with Crippen LogP contribution in [-0.2, 0) is 4.74 Å². The molecule has 2 rings (SSSR count). The summed E-state index contributed by atoms with van der Waals surface area (Å²) in [6.45, 7) is 5.60. The Morgan fingerprint density at radius 2 is 2.06 bits per heavy atom. The van der Waals surface area contributed by atoms with Gasteiger partial charge in [0, 0.05) is 19.2 Å². The molecule has 1 aliphatic heterocycles. The Kier molecular flexibility index (Phi) is 3.78. The monoisotopic (exact) mass is 252 g/mol. The SMILES string of the molecule is CC(=O)c1c(NN2CCOCC2)oc(C)cc1=O. The van der Waals surface area contributed by atoms with Gasteiger partial charge in [0.1, 0.15) is 11.3 Å². The summed E-state index contributed by atoms with van der Waals surface area (Å²) in [6, 6.07) is 1.32. The minimum absolute atomic E-state index is 0.0621. The van der Waals surface area contributed by atoms with Crippen LogP contribution in [0.3, 0.4) is 0 Å². The van der Waals surface area contributed by atoms with Crippen LogP contribution in [-0.4, -0.2) is 37.1 Å². The van der Waals surface area contributed by atoms with Crippen molar-refractivity contribution in [2.24, 2.45) is 0 Å². The largest absolute Gasteiger partial charge is 0.444 e. The number of nitrogens with zero attached hydrogens (tertiary/aromatic N) is 1. The normalized spacial score (nSPS) is 16.6. The second kappa shape index (κ2) is 5.32. The van der Waals surface area contributed by atoms with E-state index >= 15 is 0 Å². The van der Waals surface area contributed by atoms with E-state index in [1.54, 1.807) is 6.92 Å². The molecule has 6 heteroatoms. The Labute approximate surface area is 105 Å². The van der Waals surface area contributed by atoms with Gasteiger partial charge in [-0.25, -0.2) is 5.01 Å². The third-order valence-corrected chi connectivity index (χ3v) is 2.69. The second-order valence-corrected chi connectivity index (χ2v) is 4.19. The highest BCUT2D eigenvalue weighted by molar-refractivity contribution is 5.98. The molecule has 0 radical (unpaired) electrons. The molecular formula is C12H16N2O4. The Bertz CT molecular complexity index is 503. The number of aryl methyl sites for hydroxylation is 1. The van der Waals surface area contributed by atoms with E-state index in [4.69, 9.17) is 9.15 Å². The van der Waals surface area contributed by atoms with Gasteiger partial charge in [0.05, 0.1) is 13.2 Å². The standard InChI is InChI=1S/C12H16N2O4/c1-8-7-10(16)11(9(2)15)12(18-8)13-14-3-5-17-6-4-14/h7,13H,3-6H2,1-2H3. The molecule has 1 aromatic rings. The van der Waals surface area contributed by atoms with Gasteiger partial charge in [-0.2, -0.15) is 0 Å². The molecule has 1 saturated heterocycles. The maximum Gasteiger partial charge on any atom is 0.222 e. The van der Waals surface area contributed by atoms with Crippen molar-refractivity contribution in [3.63, 3.8) is 0 Å². The number of morpholine rings is 1. The van der Waals surface area contributed by atoms with Crippen LogP contribution in [0.2, 0.25) is 0 Å². The molecule has 1 aliphatic rings. The molecule has 0 amide bonds. The van der Waals surface area contributed by atoms with Gasteiger partial charge in [-0.1, -0.05) is 0 Å². The average molecular weight is 252 g/mol. The minimum Gasteiger partial charge on any atom is -0.444 e. The summed E-state index contributed by atoms with van der Waals surface area (Å²) in [5.41, 5.74) is 2.72. The molecule has 0 bridgehead atoms. The van der Waals surface area contributed by atoms with Crippen LogP contribution in [0.4, 0.5) is 5.88 Å². The first-order valence-corrected chi connectivity index (χ1v) is 5.83. The Balaban J connectivity index is 2.30. The molecule has 0 spiro atoms. The van der Waals surface area contributed by atoms with Gasteiger partial charge in [0.15, 0.2) is 11.2 Å². The summed E-state index contributed by atoms with van der Waals surface area (Å²) < 4.78 is 10.7. The summed E-state index contributed by atoms with van der Waals surface area (Å²) in [5.74, 6) is 0.384. The first kappa shape index (κ1) is 12.8. The van der Waals surface area contributed by atoms with Crippen molar-refractivity contribution in [3.8, 4) is 0 Å². The van der Waals surface area contributed by atoms with Gasteiger partial charge in [0.25, 0.3) is 0 Å². The molecular weight excluding hydrogens is 236 g/mol. The van der Waals surface area contributed by atoms with E-state index < -0.39 is 0 Å². The number of hydrazine groups is 1. The van der Waals surface area contributed by atoms with E-state index in [2.05, 4.69) is 5.43 Å². The smallest absolute Gasteiger partial charge is 0.222 e. The third-order valence-electron chi connectivity index (χ3n) is 2.69. The lowest BCUT2D eigenvalue weighted by atomic mass is 10.2. The van der Waals surface area contributed by atoms with Crippen molar-refractivity contribution in [3.05, 3.63) is 27.6 Å². The van der Waals surface area contributed by atoms with Crippen LogP contribution in [0.5, 0.6) is 0 Å². The number of carbonyl (C=O) groups is 1. The third kappa shape index (κ3) is 2.77. The van der Waals surface area contributed by atoms with Gasteiger partial charge < -0.3 is 9.15 Å². The summed E-state index contributed by atoms with van der Waals surface area (Å²) in [6.07, 6.45) is 0. The van der Waals surface area contributed by atoms with Crippen molar-refractivity contribution < 1.29 is 13.9 Å².